The van der Waals surface area contributed by atoms with Gasteiger partial charge in [0.15, 0.2) is 0 Å². The minimum absolute atomic E-state index is 0. The lowest BCUT2D eigenvalue weighted by molar-refractivity contribution is -0.124. The van der Waals surface area contributed by atoms with Gasteiger partial charge in [0, 0.05) is 18.8 Å². The van der Waals surface area contributed by atoms with Gasteiger partial charge in [-0.15, -0.1) is 0 Å². The molecule has 0 radical (unpaired) electrons. The molecule has 0 spiro atoms. The molecule has 2 fully saturated rings. The molecular formula is C22H31NO2. The molecule has 3 heteroatoms. The first-order chi connectivity index (χ1) is 12.1. The second-order valence-electron chi connectivity index (χ2n) is 8.50. The minimum Gasteiger partial charge on any atom is -0.350 e. The quantitative estimate of drug-likeness (QED) is 0.817. The van der Waals surface area contributed by atoms with Gasteiger partial charge in [-0.25, -0.2) is 0 Å². The standard InChI is InChI=1S/C22H29NO2.H2/c1-2-22(23-21(25)16-5-6-16)10-9-20(13-22)19-8-7-17-11-15(14-24)3-4-18(17)12-19;/h7-8,12,14-16,20H,2-6,9-11,13H2,1H3,(H,23,25);1H/t15-,20+,22-;/m1./s1. The van der Waals surface area contributed by atoms with Crippen LogP contribution in [0.4, 0.5) is 0 Å². The van der Waals surface area contributed by atoms with Crippen LogP contribution in [0.3, 0.4) is 0 Å². The number of carbonyl (C=O) groups is 2. The van der Waals surface area contributed by atoms with Crippen LogP contribution in [0.5, 0.6) is 0 Å². The maximum absolute atomic E-state index is 12.3. The van der Waals surface area contributed by atoms with Crippen molar-refractivity contribution < 1.29 is 11.0 Å². The van der Waals surface area contributed by atoms with Crippen molar-refractivity contribution in [2.75, 3.05) is 0 Å². The Morgan fingerprint density at radius 1 is 1.28 bits per heavy atom. The molecule has 2 saturated carbocycles. The number of amides is 1. The van der Waals surface area contributed by atoms with E-state index in [9.17, 15) is 9.59 Å². The fourth-order valence-electron chi connectivity index (χ4n) is 4.82. The van der Waals surface area contributed by atoms with E-state index in [0.717, 1.165) is 64.1 Å². The summed E-state index contributed by atoms with van der Waals surface area (Å²) in [6.07, 6.45) is 10.5. The number of aldehydes is 1. The largest absolute Gasteiger partial charge is 0.350 e. The highest BCUT2D eigenvalue weighted by Crippen LogP contribution is 2.44. The average molecular weight is 341 g/mol. The van der Waals surface area contributed by atoms with Gasteiger partial charge in [-0.05, 0) is 80.4 Å². The highest BCUT2D eigenvalue weighted by molar-refractivity contribution is 5.81. The predicted octanol–water partition coefficient (Wildman–Crippen LogP) is 4.18. The van der Waals surface area contributed by atoms with Gasteiger partial charge in [0.2, 0.25) is 5.91 Å². The smallest absolute Gasteiger partial charge is 0.223 e. The first kappa shape index (κ1) is 16.8. The van der Waals surface area contributed by atoms with Crippen molar-refractivity contribution in [2.24, 2.45) is 11.8 Å². The van der Waals surface area contributed by atoms with E-state index >= 15 is 0 Å². The zero-order valence-corrected chi connectivity index (χ0v) is 15.2. The zero-order valence-electron chi connectivity index (χ0n) is 15.2. The number of benzene rings is 1. The van der Waals surface area contributed by atoms with Crippen molar-refractivity contribution in [1.82, 2.24) is 5.32 Å². The first-order valence-corrected chi connectivity index (χ1v) is 10.0. The molecule has 3 aliphatic rings. The summed E-state index contributed by atoms with van der Waals surface area (Å²) in [5, 5.41) is 3.40. The molecule has 25 heavy (non-hydrogen) atoms. The number of rotatable bonds is 5. The predicted molar refractivity (Wildman–Crippen MR) is 101 cm³/mol. The van der Waals surface area contributed by atoms with Crippen LogP contribution in [0, 0.1) is 11.8 Å². The highest BCUT2D eigenvalue weighted by Gasteiger charge is 2.42. The fourth-order valence-corrected chi connectivity index (χ4v) is 4.82. The number of hydrogen-bond acceptors (Lipinski definition) is 2. The minimum atomic E-state index is 0. The van der Waals surface area contributed by atoms with Crippen molar-refractivity contribution in [2.45, 2.75) is 76.2 Å². The Morgan fingerprint density at radius 3 is 2.84 bits per heavy atom. The van der Waals surface area contributed by atoms with Crippen LogP contribution in [-0.2, 0) is 22.4 Å². The Bertz CT molecular complexity index is 685. The third-order valence-electron chi connectivity index (χ3n) is 6.78. The molecule has 0 bridgehead atoms. The molecule has 0 unspecified atom stereocenters. The molecule has 0 aliphatic heterocycles. The summed E-state index contributed by atoms with van der Waals surface area (Å²) in [4.78, 5) is 23.3. The van der Waals surface area contributed by atoms with Crippen molar-refractivity contribution in [1.29, 1.82) is 0 Å². The highest BCUT2D eigenvalue weighted by atomic mass is 16.2. The van der Waals surface area contributed by atoms with Crippen LogP contribution in [-0.4, -0.2) is 17.7 Å². The van der Waals surface area contributed by atoms with E-state index in [4.69, 9.17) is 0 Å². The van der Waals surface area contributed by atoms with Gasteiger partial charge in [-0.1, -0.05) is 25.1 Å². The van der Waals surface area contributed by atoms with E-state index in [0.29, 0.717) is 5.92 Å². The van der Waals surface area contributed by atoms with Crippen molar-refractivity contribution >= 4 is 12.2 Å². The van der Waals surface area contributed by atoms with E-state index in [2.05, 4.69) is 30.4 Å². The summed E-state index contributed by atoms with van der Waals surface area (Å²) in [6, 6.07) is 6.90. The van der Waals surface area contributed by atoms with Crippen LogP contribution in [0.2, 0.25) is 0 Å². The van der Waals surface area contributed by atoms with Crippen LogP contribution in [0.25, 0.3) is 0 Å². The number of nitrogens with one attached hydrogen (secondary N) is 1. The monoisotopic (exact) mass is 341 g/mol. The summed E-state index contributed by atoms with van der Waals surface area (Å²) in [6.45, 7) is 2.21. The van der Waals surface area contributed by atoms with Gasteiger partial charge >= 0.3 is 0 Å². The van der Waals surface area contributed by atoms with Crippen LogP contribution in [0.1, 0.15) is 75.9 Å². The van der Waals surface area contributed by atoms with Gasteiger partial charge in [0.05, 0.1) is 0 Å². The molecule has 4 rings (SSSR count). The molecule has 1 aromatic rings. The lowest BCUT2D eigenvalue weighted by Crippen LogP contribution is -2.46. The molecule has 1 amide bonds. The number of carbonyl (C=O) groups excluding carboxylic acids is 2. The number of hydrogen-bond donors (Lipinski definition) is 1. The Morgan fingerprint density at radius 2 is 2.12 bits per heavy atom. The molecule has 3 nitrogen and oxygen atoms in total. The van der Waals surface area contributed by atoms with Gasteiger partial charge in [0.1, 0.15) is 6.29 Å². The third-order valence-corrected chi connectivity index (χ3v) is 6.78. The van der Waals surface area contributed by atoms with E-state index in [1.54, 1.807) is 0 Å². The van der Waals surface area contributed by atoms with E-state index in [1.165, 1.54) is 16.7 Å². The van der Waals surface area contributed by atoms with E-state index in [1.807, 2.05) is 0 Å². The van der Waals surface area contributed by atoms with Crippen LogP contribution >= 0.6 is 0 Å². The summed E-state index contributed by atoms with van der Waals surface area (Å²) < 4.78 is 0. The van der Waals surface area contributed by atoms with Gasteiger partial charge in [-0.2, -0.15) is 0 Å². The summed E-state index contributed by atoms with van der Waals surface area (Å²) in [7, 11) is 0. The second-order valence-corrected chi connectivity index (χ2v) is 8.50. The molecule has 0 aromatic heterocycles. The van der Waals surface area contributed by atoms with Crippen molar-refractivity contribution in [3.8, 4) is 0 Å². The molecular weight excluding hydrogens is 310 g/mol. The Balaban J connectivity index is 0.00000196. The molecule has 1 aromatic carbocycles. The molecule has 0 saturated heterocycles. The van der Waals surface area contributed by atoms with Crippen LogP contribution in [0.15, 0.2) is 18.2 Å². The summed E-state index contributed by atoms with van der Waals surface area (Å²) in [5.74, 6) is 1.33. The van der Waals surface area contributed by atoms with Crippen molar-refractivity contribution in [3.05, 3.63) is 34.9 Å². The maximum Gasteiger partial charge on any atom is 0.223 e. The summed E-state index contributed by atoms with van der Waals surface area (Å²) in [5.41, 5.74) is 4.22. The summed E-state index contributed by atoms with van der Waals surface area (Å²) >= 11 is 0. The second kappa shape index (κ2) is 6.59. The molecule has 1 N–H and O–H groups in total. The van der Waals surface area contributed by atoms with Gasteiger partial charge in [0.25, 0.3) is 0 Å². The lowest BCUT2D eigenvalue weighted by atomic mass is 9.82. The Kier molecular flexibility index (Phi) is 4.43. The van der Waals surface area contributed by atoms with Gasteiger partial charge < -0.3 is 10.1 Å². The Labute approximate surface area is 152 Å². The SMILES string of the molecule is CC[C@@]1(NC(=O)C2CC2)CC[C@H](c2ccc3c(c2)CC[C@@H](C=O)C3)C1.[HH]. The van der Waals surface area contributed by atoms with Gasteiger partial charge in [-0.3, -0.25) is 4.79 Å². The molecule has 3 aliphatic carbocycles. The molecule has 136 valence electrons. The lowest BCUT2D eigenvalue weighted by Gasteiger charge is -2.30. The van der Waals surface area contributed by atoms with E-state index < -0.39 is 0 Å². The Hall–Kier alpha value is -1.64. The average Bonchev–Trinajstić information content (AvgIpc) is 3.42. The van der Waals surface area contributed by atoms with Crippen molar-refractivity contribution in [3.63, 3.8) is 0 Å². The normalized spacial score (nSPS) is 31.4. The fraction of sp³-hybridized carbons (Fsp3) is 0.636. The molecule has 3 atom stereocenters. The first-order valence-electron chi connectivity index (χ1n) is 10.0. The van der Waals surface area contributed by atoms with Crippen LogP contribution < -0.4 is 5.32 Å². The third kappa shape index (κ3) is 3.38. The number of aryl methyl sites for hydroxylation is 1. The zero-order chi connectivity index (χ0) is 17.4. The van der Waals surface area contributed by atoms with E-state index in [-0.39, 0.29) is 24.7 Å². The molecule has 0 heterocycles. The number of fused-ring (bicyclic) bond motifs is 1. The maximum atomic E-state index is 12.3. The topological polar surface area (TPSA) is 46.2 Å².